The van der Waals surface area contributed by atoms with E-state index in [1.807, 2.05) is 42.5 Å². The van der Waals surface area contributed by atoms with E-state index >= 15 is 0 Å². The summed E-state index contributed by atoms with van der Waals surface area (Å²) in [5, 5.41) is 0. The molecule has 0 radical (unpaired) electrons. The van der Waals surface area contributed by atoms with Crippen molar-refractivity contribution in [2.75, 3.05) is 20.8 Å². The van der Waals surface area contributed by atoms with Gasteiger partial charge in [-0.3, -0.25) is 9.59 Å². The standard InChI is InChI=1S/C28H40O7/c1-5-7-9-14-18-23(29)33-20-22-26(35-24(30)19-15-10-8-6-2)28(32-4)27(31-3)25(34-22)21-16-12-11-13-17-21/h5-6,11-13,16-17,22,25-28H,1-2,7-10,14-15,18-20H2,3-4H3/t22-,25+,26-,27+,28+/m1/s1. The Hall–Kier alpha value is -2.48. The Bertz CT molecular complexity index is 779. The molecule has 1 aromatic rings. The van der Waals surface area contributed by atoms with Gasteiger partial charge >= 0.3 is 11.9 Å². The van der Waals surface area contributed by atoms with E-state index in [1.54, 1.807) is 14.2 Å². The van der Waals surface area contributed by atoms with Crippen LogP contribution in [-0.2, 0) is 33.3 Å². The number of allylic oxidation sites excluding steroid dienone is 2. The Morgan fingerprint density at radius 3 is 2.03 bits per heavy atom. The lowest BCUT2D eigenvalue weighted by atomic mass is 9.90. The van der Waals surface area contributed by atoms with Crippen LogP contribution in [0.2, 0.25) is 0 Å². The lowest BCUT2D eigenvalue weighted by Gasteiger charge is -2.45. The van der Waals surface area contributed by atoms with Gasteiger partial charge in [-0.15, -0.1) is 13.2 Å². The zero-order valence-corrected chi connectivity index (χ0v) is 21.1. The van der Waals surface area contributed by atoms with E-state index in [0.29, 0.717) is 12.8 Å². The Morgan fingerprint density at radius 1 is 0.857 bits per heavy atom. The molecular formula is C28H40O7. The minimum absolute atomic E-state index is 0.0473. The van der Waals surface area contributed by atoms with Gasteiger partial charge in [0.25, 0.3) is 0 Å². The predicted molar refractivity (Wildman–Crippen MR) is 134 cm³/mol. The first-order valence-electron chi connectivity index (χ1n) is 12.4. The third-order valence-electron chi connectivity index (χ3n) is 6.06. The summed E-state index contributed by atoms with van der Waals surface area (Å²) < 4.78 is 29.3. The van der Waals surface area contributed by atoms with Gasteiger partial charge in [-0.25, -0.2) is 0 Å². The summed E-state index contributed by atoms with van der Waals surface area (Å²) in [6.07, 6.45) is 6.00. The summed E-state index contributed by atoms with van der Waals surface area (Å²) in [6, 6.07) is 9.64. The van der Waals surface area contributed by atoms with Crippen LogP contribution < -0.4 is 0 Å². The first-order chi connectivity index (χ1) is 17.0. The maximum absolute atomic E-state index is 12.7. The Labute approximate surface area is 209 Å². The Kier molecular flexibility index (Phi) is 13.3. The maximum atomic E-state index is 12.7. The molecule has 1 saturated heterocycles. The topological polar surface area (TPSA) is 80.3 Å². The quantitative estimate of drug-likeness (QED) is 0.182. The van der Waals surface area contributed by atoms with Gasteiger partial charge in [0.15, 0.2) is 6.10 Å². The highest BCUT2D eigenvalue weighted by Gasteiger charge is 2.49. The number of methoxy groups -OCH3 is 2. The van der Waals surface area contributed by atoms with Crippen molar-refractivity contribution in [3.8, 4) is 0 Å². The van der Waals surface area contributed by atoms with Crippen molar-refractivity contribution in [2.24, 2.45) is 0 Å². The summed E-state index contributed by atoms with van der Waals surface area (Å²) in [5.74, 6) is -0.662. The van der Waals surface area contributed by atoms with Crippen molar-refractivity contribution in [3.63, 3.8) is 0 Å². The molecule has 7 heteroatoms. The molecular weight excluding hydrogens is 448 g/mol. The molecule has 2 rings (SSSR count). The van der Waals surface area contributed by atoms with Gasteiger partial charge in [0.2, 0.25) is 0 Å². The van der Waals surface area contributed by atoms with Crippen molar-refractivity contribution in [3.05, 3.63) is 61.2 Å². The molecule has 35 heavy (non-hydrogen) atoms. The molecule has 194 valence electrons. The first kappa shape index (κ1) is 28.8. The van der Waals surface area contributed by atoms with Gasteiger partial charge in [-0.1, -0.05) is 42.5 Å². The molecule has 0 amide bonds. The molecule has 1 heterocycles. The van der Waals surface area contributed by atoms with Gasteiger partial charge in [-0.2, -0.15) is 0 Å². The van der Waals surface area contributed by atoms with Crippen LogP contribution in [0.1, 0.15) is 63.0 Å². The second-order valence-corrected chi connectivity index (χ2v) is 8.61. The molecule has 0 aliphatic carbocycles. The van der Waals surface area contributed by atoms with Crippen molar-refractivity contribution in [1.29, 1.82) is 0 Å². The van der Waals surface area contributed by atoms with Gasteiger partial charge < -0.3 is 23.7 Å². The highest BCUT2D eigenvalue weighted by atomic mass is 16.6. The number of esters is 2. The second-order valence-electron chi connectivity index (χ2n) is 8.61. The number of carbonyl (C=O) groups is 2. The number of rotatable bonds is 16. The van der Waals surface area contributed by atoms with Crippen LogP contribution in [0.3, 0.4) is 0 Å². The van der Waals surface area contributed by atoms with Crippen molar-refractivity contribution >= 4 is 11.9 Å². The molecule has 0 saturated carbocycles. The van der Waals surface area contributed by atoms with Gasteiger partial charge in [-0.05, 0) is 44.1 Å². The predicted octanol–water partition coefficient (Wildman–Crippen LogP) is 5.10. The fraction of sp³-hybridized carbons (Fsp3) is 0.571. The zero-order chi connectivity index (χ0) is 25.5. The molecule has 7 nitrogen and oxygen atoms in total. The Balaban J connectivity index is 2.16. The highest BCUT2D eigenvalue weighted by Crippen LogP contribution is 2.37. The summed E-state index contributed by atoms with van der Waals surface area (Å²) in [7, 11) is 3.13. The van der Waals surface area contributed by atoms with Crippen molar-refractivity contribution in [1.82, 2.24) is 0 Å². The average molecular weight is 489 g/mol. The Morgan fingerprint density at radius 2 is 1.46 bits per heavy atom. The number of unbranched alkanes of at least 4 members (excludes halogenated alkanes) is 4. The summed E-state index contributed by atoms with van der Waals surface area (Å²) in [6.45, 7) is 7.35. The summed E-state index contributed by atoms with van der Waals surface area (Å²) >= 11 is 0. The van der Waals surface area contributed by atoms with Gasteiger partial charge in [0, 0.05) is 27.1 Å². The minimum Gasteiger partial charge on any atom is -0.463 e. The lowest BCUT2D eigenvalue weighted by Crippen LogP contribution is -2.58. The summed E-state index contributed by atoms with van der Waals surface area (Å²) in [4.78, 5) is 25.0. The molecule has 0 spiro atoms. The molecule has 0 unspecified atom stereocenters. The van der Waals surface area contributed by atoms with E-state index in [1.165, 1.54) is 0 Å². The molecule has 1 aliphatic heterocycles. The number of ether oxygens (including phenoxy) is 5. The number of hydrogen-bond donors (Lipinski definition) is 0. The lowest BCUT2D eigenvalue weighted by molar-refractivity contribution is -0.253. The smallest absolute Gasteiger partial charge is 0.306 e. The molecule has 0 bridgehead atoms. The largest absolute Gasteiger partial charge is 0.463 e. The van der Waals surface area contributed by atoms with Crippen molar-refractivity contribution < 1.29 is 33.3 Å². The molecule has 5 atom stereocenters. The molecule has 0 aromatic heterocycles. The summed E-state index contributed by atoms with van der Waals surface area (Å²) in [5.41, 5.74) is 0.899. The number of hydrogen-bond acceptors (Lipinski definition) is 7. The van der Waals surface area contributed by atoms with E-state index in [-0.39, 0.29) is 25.0 Å². The van der Waals surface area contributed by atoms with Gasteiger partial charge in [0.1, 0.15) is 31.0 Å². The van der Waals surface area contributed by atoms with E-state index < -0.39 is 30.5 Å². The van der Waals surface area contributed by atoms with Gasteiger partial charge in [0.05, 0.1) is 0 Å². The van der Waals surface area contributed by atoms with Crippen LogP contribution in [0.4, 0.5) is 0 Å². The molecule has 1 aromatic carbocycles. The third kappa shape index (κ3) is 9.24. The number of carbonyl (C=O) groups excluding carboxylic acids is 2. The van der Waals surface area contributed by atoms with Crippen molar-refractivity contribution in [2.45, 2.75) is 81.9 Å². The molecule has 1 fully saturated rings. The van der Waals surface area contributed by atoms with Crippen LogP contribution >= 0.6 is 0 Å². The minimum atomic E-state index is -0.787. The average Bonchev–Trinajstić information content (AvgIpc) is 2.88. The molecule has 1 aliphatic rings. The molecule has 0 N–H and O–H groups in total. The zero-order valence-electron chi connectivity index (χ0n) is 21.1. The highest BCUT2D eigenvalue weighted by molar-refractivity contribution is 5.70. The van der Waals surface area contributed by atoms with Crippen LogP contribution in [0.15, 0.2) is 55.6 Å². The van der Waals surface area contributed by atoms with Crippen LogP contribution in [0.25, 0.3) is 0 Å². The third-order valence-corrected chi connectivity index (χ3v) is 6.06. The van der Waals surface area contributed by atoms with E-state index in [9.17, 15) is 9.59 Å². The van der Waals surface area contributed by atoms with Crippen LogP contribution in [-0.4, -0.2) is 57.2 Å². The van der Waals surface area contributed by atoms with E-state index in [4.69, 9.17) is 23.7 Å². The first-order valence-corrected chi connectivity index (χ1v) is 12.4. The monoisotopic (exact) mass is 488 g/mol. The maximum Gasteiger partial charge on any atom is 0.306 e. The number of benzene rings is 1. The fourth-order valence-corrected chi connectivity index (χ4v) is 4.20. The van der Waals surface area contributed by atoms with Crippen LogP contribution in [0, 0.1) is 0 Å². The second kappa shape index (κ2) is 16.2. The SMILES string of the molecule is C=CCCCCC(=O)OC[C@H]1O[C@@H](c2ccccc2)[C@H](OC)[C@@H](OC)[C@@H]1OC(=O)CCCCC=C. The fourth-order valence-electron chi connectivity index (χ4n) is 4.20. The van der Waals surface area contributed by atoms with E-state index in [2.05, 4.69) is 13.2 Å². The normalized spacial score (nSPS) is 23.9. The van der Waals surface area contributed by atoms with E-state index in [0.717, 1.165) is 37.7 Å². The van der Waals surface area contributed by atoms with Crippen LogP contribution in [0.5, 0.6) is 0 Å².